The smallest absolute Gasteiger partial charge is 0.349 e. The summed E-state index contributed by atoms with van der Waals surface area (Å²) < 4.78 is 10.3. The SMILES string of the molecule is COc1ccc2cc(C(=O)Nc3ccccc3C)c(=O)oc2c1. The normalized spacial score (nSPS) is 10.5. The second kappa shape index (κ2) is 5.96. The topological polar surface area (TPSA) is 68.5 Å². The van der Waals surface area contributed by atoms with Gasteiger partial charge in [-0.1, -0.05) is 18.2 Å². The summed E-state index contributed by atoms with van der Waals surface area (Å²) >= 11 is 0. The van der Waals surface area contributed by atoms with Gasteiger partial charge in [0.2, 0.25) is 0 Å². The molecule has 116 valence electrons. The van der Waals surface area contributed by atoms with Crippen molar-refractivity contribution in [1.29, 1.82) is 0 Å². The molecule has 5 heteroatoms. The largest absolute Gasteiger partial charge is 0.497 e. The van der Waals surface area contributed by atoms with Crippen molar-refractivity contribution in [1.82, 2.24) is 0 Å². The van der Waals surface area contributed by atoms with Crippen molar-refractivity contribution in [2.45, 2.75) is 6.92 Å². The lowest BCUT2D eigenvalue weighted by atomic mass is 10.1. The minimum atomic E-state index is -0.683. The monoisotopic (exact) mass is 309 g/mol. The Balaban J connectivity index is 1.99. The summed E-state index contributed by atoms with van der Waals surface area (Å²) in [5.74, 6) is 0.0866. The van der Waals surface area contributed by atoms with Gasteiger partial charge in [0.15, 0.2) is 0 Å². The molecule has 0 aliphatic heterocycles. The van der Waals surface area contributed by atoms with Crippen LogP contribution in [0.25, 0.3) is 11.0 Å². The number of benzene rings is 2. The van der Waals surface area contributed by atoms with E-state index in [0.29, 0.717) is 22.4 Å². The summed E-state index contributed by atoms with van der Waals surface area (Å²) in [6, 6.07) is 14.0. The molecule has 0 saturated carbocycles. The third-order valence-electron chi connectivity index (χ3n) is 3.58. The van der Waals surface area contributed by atoms with Crippen LogP contribution in [0.2, 0.25) is 0 Å². The zero-order chi connectivity index (χ0) is 16.4. The summed E-state index contributed by atoms with van der Waals surface area (Å²) in [4.78, 5) is 24.4. The van der Waals surface area contributed by atoms with Gasteiger partial charge >= 0.3 is 5.63 Å². The predicted molar refractivity (Wildman–Crippen MR) is 88.2 cm³/mol. The van der Waals surface area contributed by atoms with E-state index >= 15 is 0 Å². The van der Waals surface area contributed by atoms with Crippen LogP contribution < -0.4 is 15.7 Å². The lowest BCUT2D eigenvalue weighted by Crippen LogP contribution is -2.21. The molecule has 0 bridgehead atoms. The van der Waals surface area contributed by atoms with Crippen molar-refractivity contribution in [2.75, 3.05) is 12.4 Å². The minimum absolute atomic E-state index is 0.0362. The molecule has 1 heterocycles. The first-order chi connectivity index (χ1) is 11.1. The number of aryl methyl sites for hydroxylation is 1. The number of para-hydroxylation sites is 1. The maximum Gasteiger partial charge on any atom is 0.349 e. The van der Waals surface area contributed by atoms with Crippen molar-refractivity contribution in [3.05, 3.63) is 70.1 Å². The van der Waals surface area contributed by atoms with Crippen molar-refractivity contribution in [3.8, 4) is 5.75 Å². The summed E-state index contributed by atoms with van der Waals surface area (Å²) in [5, 5.41) is 3.38. The molecule has 0 aliphatic carbocycles. The van der Waals surface area contributed by atoms with Crippen molar-refractivity contribution in [3.63, 3.8) is 0 Å². The molecule has 0 atom stereocenters. The summed E-state index contributed by atoms with van der Waals surface area (Å²) in [5.41, 5.74) is 1.23. The third-order valence-corrected chi connectivity index (χ3v) is 3.58. The molecule has 2 aromatic carbocycles. The van der Waals surface area contributed by atoms with Gasteiger partial charge in [-0.15, -0.1) is 0 Å². The molecule has 23 heavy (non-hydrogen) atoms. The predicted octanol–water partition coefficient (Wildman–Crippen LogP) is 3.36. The number of anilines is 1. The molecule has 1 aromatic heterocycles. The molecule has 0 radical (unpaired) electrons. The fourth-order valence-electron chi connectivity index (χ4n) is 2.28. The first kappa shape index (κ1) is 14.8. The van der Waals surface area contributed by atoms with E-state index in [1.54, 1.807) is 24.3 Å². The van der Waals surface area contributed by atoms with Gasteiger partial charge in [0.1, 0.15) is 16.9 Å². The van der Waals surface area contributed by atoms with Crippen LogP contribution in [0.15, 0.2) is 57.7 Å². The highest BCUT2D eigenvalue weighted by Gasteiger charge is 2.15. The van der Waals surface area contributed by atoms with Gasteiger partial charge in [-0.2, -0.15) is 0 Å². The van der Waals surface area contributed by atoms with Gasteiger partial charge in [0.25, 0.3) is 5.91 Å². The number of carbonyl (C=O) groups excluding carboxylic acids is 1. The Morgan fingerprint density at radius 1 is 1.13 bits per heavy atom. The lowest BCUT2D eigenvalue weighted by Gasteiger charge is -2.08. The quantitative estimate of drug-likeness (QED) is 0.753. The Morgan fingerprint density at radius 3 is 2.65 bits per heavy atom. The lowest BCUT2D eigenvalue weighted by molar-refractivity contribution is 0.102. The first-order valence-corrected chi connectivity index (χ1v) is 7.07. The van der Waals surface area contributed by atoms with Crippen LogP contribution in [0.3, 0.4) is 0 Å². The Hall–Kier alpha value is -3.08. The van der Waals surface area contributed by atoms with Crippen LogP contribution in [0.1, 0.15) is 15.9 Å². The van der Waals surface area contributed by atoms with E-state index < -0.39 is 11.5 Å². The highest BCUT2D eigenvalue weighted by atomic mass is 16.5. The molecule has 0 aliphatic rings. The standard InChI is InChI=1S/C18H15NO4/c1-11-5-3-4-6-15(11)19-17(20)14-9-12-7-8-13(22-2)10-16(12)23-18(14)21/h3-10H,1-2H3,(H,19,20). The van der Waals surface area contributed by atoms with Crippen LogP contribution in [-0.4, -0.2) is 13.0 Å². The van der Waals surface area contributed by atoms with E-state index in [2.05, 4.69) is 5.32 Å². The zero-order valence-electron chi connectivity index (χ0n) is 12.8. The number of carbonyl (C=O) groups is 1. The van der Waals surface area contributed by atoms with Gasteiger partial charge in [0.05, 0.1) is 7.11 Å². The molecular formula is C18H15NO4. The van der Waals surface area contributed by atoms with Crippen LogP contribution in [0.5, 0.6) is 5.75 Å². The number of amides is 1. The molecule has 0 fully saturated rings. The molecule has 3 rings (SSSR count). The first-order valence-electron chi connectivity index (χ1n) is 7.07. The third kappa shape index (κ3) is 2.94. The van der Waals surface area contributed by atoms with Crippen molar-refractivity contribution >= 4 is 22.6 Å². The Labute approximate surface area is 132 Å². The van der Waals surface area contributed by atoms with Gasteiger partial charge < -0.3 is 14.5 Å². The molecule has 1 amide bonds. The van der Waals surface area contributed by atoms with E-state index in [4.69, 9.17) is 9.15 Å². The Kier molecular flexibility index (Phi) is 3.85. The average molecular weight is 309 g/mol. The van der Waals surface area contributed by atoms with E-state index in [0.717, 1.165) is 5.56 Å². The fourth-order valence-corrected chi connectivity index (χ4v) is 2.28. The van der Waals surface area contributed by atoms with Crippen LogP contribution >= 0.6 is 0 Å². The Morgan fingerprint density at radius 2 is 1.91 bits per heavy atom. The average Bonchev–Trinajstić information content (AvgIpc) is 2.55. The molecule has 0 saturated heterocycles. The second-order valence-electron chi connectivity index (χ2n) is 5.12. The summed E-state index contributed by atoms with van der Waals surface area (Å²) in [7, 11) is 1.53. The van der Waals surface area contributed by atoms with Gasteiger partial charge in [0, 0.05) is 17.1 Å². The number of ether oxygens (including phenoxy) is 1. The fraction of sp³-hybridized carbons (Fsp3) is 0.111. The number of hydrogen-bond donors (Lipinski definition) is 1. The number of methoxy groups -OCH3 is 1. The van der Waals surface area contributed by atoms with Crippen LogP contribution in [0.4, 0.5) is 5.69 Å². The molecule has 3 aromatic rings. The van der Waals surface area contributed by atoms with E-state index in [1.807, 2.05) is 25.1 Å². The van der Waals surface area contributed by atoms with E-state index in [-0.39, 0.29) is 5.56 Å². The number of rotatable bonds is 3. The summed E-state index contributed by atoms with van der Waals surface area (Å²) in [6.45, 7) is 1.88. The van der Waals surface area contributed by atoms with Gasteiger partial charge in [-0.05, 0) is 36.8 Å². The van der Waals surface area contributed by atoms with Crippen LogP contribution in [0, 0.1) is 6.92 Å². The maximum atomic E-state index is 12.4. The maximum absolute atomic E-state index is 12.4. The van der Waals surface area contributed by atoms with Gasteiger partial charge in [-0.3, -0.25) is 4.79 Å². The van der Waals surface area contributed by atoms with E-state index in [9.17, 15) is 9.59 Å². The van der Waals surface area contributed by atoms with E-state index in [1.165, 1.54) is 13.2 Å². The molecule has 5 nitrogen and oxygen atoms in total. The molecule has 0 unspecified atom stereocenters. The number of hydrogen-bond acceptors (Lipinski definition) is 4. The zero-order valence-corrected chi connectivity index (χ0v) is 12.8. The molecule has 0 spiro atoms. The minimum Gasteiger partial charge on any atom is -0.497 e. The number of nitrogens with one attached hydrogen (secondary N) is 1. The highest BCUT2D eigenvalue weighted by Crippen LogP contribution is 2.21. The highest BCUT2D eigenvalue weighted by molar-refractivity contribution is 6.05. The number of fused-ring (bicyclic) bond motifs is 1. The Bertz CT molecular complexity index is 943. The molecular weight excluding hydrogens is 294 g/mol. The van der Waals surface area contributed by atoms with Crippen molar-refractivity contribution < 1.29 is 13.9 Å². The van der Waals surface area contributed by atoms with Crippen molar-refractivity contribution in [2.24, 2.45) is 0 Å². The second-order valence-corrected chi connectivity index (χ2v) is 5.12. The summed E-state index contributed by atoms with van der Waals surface area (Å²) in [6.07, 6.45) is 0. The molecule has 1 N–H and O–H groups in total. The van der Waals surface area contributed by atoms with Crippen LogP contribution in [-0.2, 0) is 0 Å². The van der Waals surface area contributed by atoms with Gasteiger partial charge in [-0.25, -0.2) is 4.79 Å².